The molecule has 12 nitrogen and oxygen atoms in total. The maximum atomic E-state index is 15.3. The third-order valence-corrected chi connectivity index (χ3v) is 7.73. The topological polar surface area (TPSA) is 135 Å². The molecule has 5 rings (SSSR count). The first-order valence-electron chi connectivity index (χ1n) is 13.2. The van der Waals surface area contributed by atoms with Crippen molar-refractivity contribution < 1.29 is 33.4 Å². The van der Waals surface area contributed by atoms with Crippen molar-refractivity contribution in [2.24, 2.45) is 16.1 Å². The number of rotatable bonds is 7. The number of hydrogen-bond donors (Lipinski definition) is 3. The van der Waals surface area contributed by atoms with Gasteiger partial charge in [0.1, 0.15) is 17.2 Å². The van der Waals surface area contributed by atoms with Crippen molar-refractivity contribution >= 4 is 45.7 Å². The fourth-order valence-electron chi connectivity index (χ4n) is 5.50. The summed E-state index contributed by atoms with van der Waals surface area (Å²) in [6.45, 7) is 4.48. The molecule has 0 spiro atoms. The van der Waals surface area contributed by atoms with E-state index in [0.717, 1.165) is 0 Å². The Balaban J connectivity index is 1.33. The number of carboxylic acids is 1. The molecule has 0 bridgehead atoms. The maximum absolute atomic E-state index is 15.3. The molecule has 2 unspecified atom stereocenters. The quantitative estimate of drug-likeness (QED) is 0.188. The van der Waals surface area contributed by atoms with Crippen LogP contribution in [0.1, 0.15) is 6.92 Å². The number of fused-ring (bicyclic) bond motifs is 2. The SMILES string of the molecule is CCN1C=C(C(=O)O)C(=O)C2C=C(F)C(N3CCN(Cn4c(O)c(N=NC(=S)NOC)c5cc(F)ccc54)CC3)=CC21. The van der Waals surface area contributed by atoms with Gasteiger partial charge in [0.15, 0.2) is 11.5 Å². The summed E-state index contributed by atoms with van der Waals surface area (Å²) in [6.07, 6.45) is 4.26. The molecule has 1 fully saturated rings. The highest BCUT2D eigenvalue weighted by atomic mass is 32.1. The number of thiocarbonyl (C=S) groups is 1. The van der Waals surface area contributed by atoms with Crippen molar-refractivity contribution in [3.63, 3.8) is 0 Å². The van der Waals surface area contributed by atoms with Crippen LogP contribution in [0.5, 0.6) is 5.88 Å². The van der Waals surface area contributed by atoms with Crippen molar-refractivity contribution in [1.29, 1.82) is 0 Å². The first-order chi connectivity index (χ1) is 20.1. The Hall–Kier alpha value is -4.21. The van der Waals surface area contributed by atoms with Crippen LogP contribution in [-0.2, 0) is 21.1 Å². The van der Waals surface area contributed by atoms with Crippen molar-refractivity contribution in [2.75, 3.05) is 39.8 Å². The molecule has 222 valence electrons. The van der Waals surface area contributed by atoms with E-state index in [4.69, 9.17) is 17.1 Å². The molecule has 3 heterocycles. The molecule has 2 aliphatic heterocycles. The number of aromatic hydroxyl groups is 1. The summed E-state index contributed by atoms with van der Waals surface area (Å²) in [5.41, 5.74) is 2.96. The number of aromatic nitrogens is 1. The summed E-state index contributed by atoms with van der Waals surface area (Å²) in [5, 5.41) is 28.5. The number of carboxylic acid groups (broad SMARTS) is 1. The summed E-state index contributed by atoms with van der Waals surface area (Å²) < 4.78 is 31.0. The summed E-state index contributed by atoms with van der Waals surface area (Å²) in [6, 6.07) is 3.61. The van der Waals surface area contributed by atoms with Crippen molar-refractivity contribution in [1.82, 2.24) is 24.7 Å². The van der Waals surface area contributed by atoms with Crippen LogP contribution in [0.25, 0.3) is 10.9 Å². The van der Waals surface area contributed by atoms with Crippen molar-refractivity contribution in [3.8, 4) is 5.88 Å². The third kappa shape index (κ3) is 5.49. The van der Waals surface area contributed by atoms with Crippen LogP contribution in [0.4, 0.5) is 14.5 Å². The van der Waals surface area contributed by atoms with E-state index in [0.29, 0.717) is 49.3 Å². The number of nitrogens with zero attached hydrogens (tertiary/aromatic N) is 6. The minimum atomic E-state index is -1.33. The van der Waals surface area contributed by atoms with Gasteiger partial charge in [-0.3, -0.25) is 19.1 Å². The fourth-order valence-corrected chi connectivity index (χ4v) is 5.63. The second kappa shape index (κ2) is 12.0. The first-order valence-corrected chi connectivity index (χ1v) is 13.6. The van der Waals surface area contributed by atoms with Crippen LogP contribution in [-0.4, -0.2) is 92.2 Å². The Labute approximate surface area is 244 Å². The number of piperazine rings is 1. The number of aliphatic carboxylic acids is 1. The second-order valence-electron chi connectivity index (χ2n) is 9.95. The zero-order chi connectivity index (χ0) is 30.1. The first kappa shape index (κ1) is 29.3. The number of carbonyl (C=O) groups excluding carboxylic acids is 1. The maximum Gasteiger partial charge on any atom is 0.340 e. The van der Waals surface area contributed by atoms with E-state index >= 15 is 4.39 Å². The summed E-state index contributed by atoms with van der Waals surface area (Å²) in [5.74, 6) is -4.13. The molecule has 1 aliphatic carbocycles. The van der Waals surface area contributed by atoms with Gasteiger partial charge < -0.3 is 20.0 Å². The molecule has 2 atom stereocenters. The molecular weight excluding hydrogens is 572 g/mol. The summed E-state index contributed by atoms with van der Waals surface area (Å²) >= 11 is 4.97. The lowest BCUT2D eigenvalue weighted by atomic mass is 9.82. The Morgan fingerprint density at radius 1 is 1.21 bits per heavy atom. The molecule has 1 saturated heterocycles. The minimum absolute atomic E-state index is 0.0557. The molecule has 1 aromatic carbocycles. The zero-order valence-electron chi connectivity index (χ0n) is 22.8. The van der Waals surface area contributed by atoms with E-state index in [9.17, 15) is 24.2 Å². The number of nitrogens with one attached hydrogen (secondary N) is 1. The lowest BCUT2D eigenvalue weighted by Crippen LogP contribution is -2.49. The van der Waals surface area contributed by atoms with Crippen LogP contribution < -0.4 is 5.48 Å². The highest BCUT2D eigenvalue weighted by Crippen LogP contribution is 2.40. The number of allylic oxidation sites excluding steroid dienone is 1. The van der Waals surface area contributed by atoms with Gasteiger partial charge >= 0.3 is 5.97 Å². The van der Waals surface area contributed by atoms with Gasteiger partial charge in [-0.05, 0) is 49.5 Å². The number of azo groups is 1. The van der Waals surface area contributed by atoms with Gasteiger partial charge in [-0.25, -0.2) is 19.1 Å². The lowest BCUT2D eigenvalue weighted by molar-refractivity contribution is -0.136. The number of hydroxylamine groups is 1. The molecule has 0 saturated carbocycles. The van der Waals surface area contributed by atoms with E-state index in [1.54, 1.807) is 21.6 Å². The third-order valence-electron chi connectivity index (χ3n) is 7.57. The van der Waals surface area contributed by atoms with E-state index in [-0.39, 0.29) is 28.9 Å². The molecule has 3 aliphatic rings. The highest BCUT2D eigenvalue weighted by Gasteiger charge is 2.41. The highest BCUT2D eigenvalue weighted by molar-refractivity contribution is 7.80. The Bertz CT molecular complexity index is 1560. The second-order valence-corrected chi connectivity index (χ2v) is 10.3. The van der Waals surface area contributed by atoms with Gasteiger partial charge in [0, 0.05) is 44.3 Å². The van der Waals surface area contributed by atoms with Gasteiger partial charge in [0.25, 0.3) is 0 Å². The van der Waals surface area contributed by atoms with Crippen molar-refractivity contribution in [2.45, 2.75) is 19.6 Å². The molecule has 0 radical (unpaired) electrons. The normalized spacial score (nSPS) is 21.3. The number of halogens is 2. The van der Waals surface area contributed by atoms with Crippen LogP contribution >= 0.6 is 12.2 Å². The monoisotopic (exact) mass is 601 g/mol. The van der Waals surface area contributed by atoms with Gasteiger partial charge in [-0.2, -0.15) is 0 Å². The molecule has 3 N–H and O–H groups in total. The number of carbonyl (C=O) groups is 2. The van der Waals surface area contributed by atoms with Gasteiger partial charge in [-0.1, -0.05) is 0 Å². The number of hydrogen-bond acceptors (Lipinski definition) is 9. The number of likely N-dealkylation sites (N-methyl/N-ethyl adjacent to an activating group) is 1. The van der Waals surface area contributed by atoms with Gasteiger partial charge in [0.2, 0.25) is 11.0 Å². The Morgan fingerprint density at radius 3 is 2.62 bits per heavy atom. The predicted molar refractivity (Wildman–Crippen MR) is 152 cm³/mol. The van der Waals surface area contributed by atoms with E-state index in [2.05, 4.69) is 20.6 Å². The molecule has 42 heavy (non-hydrogen) atoms. The largest absolute Gasteiger partial charge is 0.493 e. The molecular formula is C27H29F2N7O5S. The fraction of sp³-hybridized carbons (Fsp3) is 0.370. The van der Waals surface area contributed by atoms with E-state index in [1.165, 1.54) is 31.5 Å². The number of benzene rings is 1. The van der Waals surface area contributed by atoms with Crippen LogP contribution in [0.15, 0.2) is 63.9 Å². The van der Waals surface area contributed by atoms with Gasteiger partial charge in [0.05, 0.1) is 37.0 Å². The Kier molecular flexibility index (Phi) is 8.34. The van der Waals surface area contributed by atoms with E-state index in [1.807, 2.05) is 11.8 Å². The van der Waals surface area contributed by atoms with E-state index < -0.39 is 35.4 Å². The molecule has 2 aromatic rings. The average Bonchev–Trinajstić information content (AvgIpc) is 3.21. The lowest BCUT2D eigenvalue weighted by Gasteiger charge is -2.42. The van der Waals surface area contributed by atoms with Crippen LogP contribution in [0, 0.1) is 11.7 Å². The minimum Gasteiger partial charge on any atom is -0.493 e. The molecule has 15 heteroatoms. The average molecular weight is 602 g/mol. The molecule has 1 aromatic heterocycles. The summed E-state index contributed by atoms with van der Waals surface area (Å²) in [4.78, 5) is 34.7. The standard InChI is InChI=1S/C27H29F2N7O5S/c1-3-34-13-18(26(39)40)24(37)17-11-19(29)22(12-21(17)34)35-8-6-33(7-9-35)14-36-20-5-4-15(28)10-16(20)23(25(36)38)30-31-27(42)32-41-2/h4-5,10-13,17,21,38H,3,6-9,14H2,1-2H3,(H,32,42)(H,39,40). The predicted octanol–water partition coefficient (Wildman–Crippen LogP) is 3.19. The molecule has 0 amide bonds. The smallest absolute Gasteiger partial charge is 0.340 e. The number of ketones is 1. The zero-order valence-corrected chi connectivity index (χ0v) is 23.6. The van der Waals surface area contributed by atoms with Crippen molar-refractivity contribution in [3.05, 3.63) is 59.5 Å². The van der Waals surface area contributed by atoms with Crippen LogP contribution in [0.3, 0.4) is 0 Å². The van der Waals surface area contributed by atoms with Crippen LogP contribution in [0.2, 0.25) is 0 Å². The Morgan fingerprint density at radius 2 is 1.95 bits per heavy atom. The van der Waals surface area contributed by atoms with Gasteiger partial charge in [-0.15, -0.1) is 10.2 Å². The number of Topliss-reactive ketones (excluding diaryl/α,β-unsaturated/α-hetero) is 1. The summed E-state index contributed by atoms with van der Waals surface area (Å²) in [7, 11) is 1.36.